The zero-order valence-electron chi connectivity index (χ0n) is 15.3. The third-order valence-corrected chi connectivity index (χ3v) is 5.83. The summed E-state index contributed by atoms with van der Waals surface area (Å²) in [5.41, 5.74) is 4.64. The van der Waals surface area contributed by atoms with Crippen LogP contribution in [0, 0.1) is 5.82 Å². The molecule has 5 aromatic heterocycles. The van der Waals surface area contributed by atoms with Crippen LogP contribution in [0.2, 0.25) is 0 Å². The first-order valence-corrected chi connectivity index (χ1v) is 9.98. The number of nitrogens with one attached hydrogen (secondary N) is 2. The lowest BCUT2D eigenvalue weighted by Gasteiger charge is -2.03. The van der Waals surface area contributed by atoms with Gasteiger partial charge in [-0.3, -0.25) is 5.10 Å². The quantitative estimate of drug-likeness (QED) is 0.433. The summed E-state index contributed by atoms with van der Waals surface area (Å²) in [7, 11) is 0. The van der Waals surface area contributed by atoms with E-state index in [9.17, 15) is 4.39 Å². The van der Waals surface area contributed by atoms with Crippen molar-refractivity contribution < 1.29 is 4.39 Å². The number of halogens is 1. The number of rotatable bonds is 3. The van der Waals surface area contributed by atoms with Gasteiger partial charge in [-0.2, -0.15) is 5.10 Å². The summed E-state index contributed by atoms with van der Waals surface area (Å²) in [6.45, 7) is 0. The Morgan fingerprint density at radius 1 is 1.03 bits per heavy atom. The van der Waals surface area contributed by atoms with Crippen LogP contribution in [0.5, 0.6) is 0 Å². The minimum Gasteiger partial charge on any atom is -0.335 e. The number of fused-ring (bicyclic) bond motifs is 2. The lowest BCUT2D eigenvalue weighted by Crippen LogP contribution is -1.88. The normalized spacial score (nSPS) is 11.5. The molecule has 0 saturated heterocycles. The maximum Gasteiger partial charge on any atom is 0.178 e. The van der Waals surface area contributed by atoms with Gasteiger partial charge in [-0.1, -0.05) is 6.07 Å². The lowest BCUT2D eigenvalue weighted by atomic mass is 10.0. The van der Waals surface area contributed by atoms with Gasteiger partial charge < -0.3 is 4.98 Å². The highest BCUT2D eigenvalue weighted by molar-refractivity contribution is 7.13. The summed E-state index contributed by atoms with van der Waals surface area (Å²) in [5, 5.41) is 10.1. The van der Waals surface area contributed by atoms with Crippen LogP contribution in [0.15, 0.2) is 60.6 Å². The smallest absolute Gasteiger partial charge is 0.178 e. The molecule has 0 aliphatic carbocycles. The van der Waals surface area contributed by atoms with Gasteiger partial charge in [0.2, 0.25) is 0 Å². The average molecular weight is 413 g/mol. The van der Waals surface area contributed by atoms with Gasteiger partial charge in [-0.05, 0) is 23.6 Å². The number of imidazole rings is 1. The third-order valence-electron chi connectivity index (χ3n) is 4.93. The molecule has 0 fully saturated rings. The van der Waals surface area contributed by atoms with Crippen LogP contribution in [0.3, 0.4) is 0 Å². The Morgan fingerprint density at radius 2 is 1.93 bits per heavy atom. The average Bonchev–Trinajstić information content (AvgIpc) is 3.52. The minimum absolute atomic E-state index is 0.376. The number of hydrogen-bond acceptors (Lipinski definition) is 6. The Bertz CT molecular complexity index is 1500. The molecule has 6 aromatic rings. The van der Waals surface area contributed by atoms with E-state index in [4.69, 9.17) is 0 Å². The van der Waals surface area contributed by atoms with Crippen LogP contribution >= 0.6 is 11.3 Å². The molecule has 6 rings (SSSR count). The zero-order chi connectivity index (χ0) is 20.1. The Kier molecular flexibility index (Phi) is 3.68. The van der Waals surface area contributed by atoms with Crippen LogP contribution < -0.4 is 0 Å². The molecule has 0 unspecified atom stereocenters. The van der Waals surface area contributed by atoms with Gasteiger partial charge in [0, 0.05) is 51.6 Å². The van der Waals surface area contributed by atoms with Crippen molar-refractivity contribution >= 4 is 33.4 Å². The molecule has 144 valence electrons. The largest absolute Gasteiger partial charge is 0.335 e. The molecule has 1 aromatic carbocycles. The summed E-state index contributed by atoms with van der Waals surface area (Å²) < 4.78 is 14.7. The number of hydrogen-bond donors (Lipinski definition) is 2. The highest BCUT2D eigenvalue weighted by Crippen LogP contribution is 2.34. The molecular formula is C21H12FN7S. The van der Waals surface area contributed by atoms with Crippen molar-refractivity contribution in [2.75, 3.05) is 0 Å². The van der Waals surface area contributed by atoms with E-state index in [1.165, 1.54) is 12.4 Å². The van der Waals surface area contributed by atoms with Gasteiger partial charge in [-0.15, -0.1) is 11.3 Å². The molecule has 0 radical (unpaired) electrons. The number of nitrogens with zero attached hydrogens (tertiary/aromatic N) is 5. The van der Waals surface area contributed by atoms with Crippen LogP contribution in [0.25, 0.3) is 55.2 Å². The molecule has 2 N–H and O–H groups in total. The zero-order valence-corrected chi connectivity index (χ0v) is 16.1. The second kappa shape index (κ2) is 6.53. The number of aromatic nitrogens is 7. The Labute approximate surface area is 172 Å². The number of benzene rings is 1. The van der Waals surface area contributed by atoms with E-state index in [1.807, 2.05) is 17.5 Å². The summed E-state index contributed by atoms with van der Waals surface area (Å²) in [4.78, 5) is 21.5. The van der Waals surface area contributed by atoms with E-state index < -0.39 is 0 Å². The standard InChI is InChI=1S/C21H12FN7S/c22-15-7-16-14(6-13(15)11-8-23-10-24-9-11)19(29-28-16)21-26-18-12(17-2-1-5-30-17)3-4-25-20(18)27-21/h1-10H,(H,28,29)(H,25,26,27). The fourth-order valence-corrected chi connectivity index (χ4v) is 4.30. The van der Waals surface area contributed by atoms with Gasteiger partial charge in [0.25, 0.3) is 0 Å². The van der Waals surface area contributed by atoms with E-state index in [1.54, 1.807) is 36.0 Å². The van der Waals surface area contributed by atoms with Gasteiger partial charge in [0.15, 0.2) is 11.5 Å². The molecule has 0 aliphatic rings. The fourth-order valence-electron chi connectivity index (χ4n) is 3.54. The molecule has 7 nitrogen and oxygen atoms in total. The molecule has 0 spiro atoms. The second-order valence-corrected chi connectivity index (χ2v) is 7.64. The number of aromatic amines is 2. The molecule has 5 heterocycles. The first-order chi connectivity index (χ1) is 14.8. The molecule has 0 bridgehead atoms. The van der Waals surface area contributed by atoms with E-state index in [2.05, 4.69) is 41.2 Å². The number of thiophene rings is 1. The highest BCUT2D eigenvalue weighted by Gasteiger charge is 2.18. The van der Waals surface area contributed by atoms with E-state index in [-0.39, 0.29) is 5.82 Å². The third kappa shape index (κ3) is 2.60. The van der Waals surface area contributed by atoms with Crippen molar-refractivity contribution in [2.45, 2.75) is 0 Å². The second-order valence-electron chi connectivity index (χ2n) is 6.70. The van der Waals surface area contributed by atoms with Gasteiger partial charge in [-0.25, -0.2) is 24.3 Å². The maximum atomic E-state index is 14.7. The summed E-state index contributed by atoms with van der Waals surface area (Å²) in [6.07, 6.45) is 6.31. The molecule has 0 atom stereocenters. The molecule has 0 saturated carbocycles. The summed E-state index contributed by atoms with van der Waals surface area (Å²) in [5.74, 6) is 0.188. The van der Waals surface area contributed by atoms with Gasteiger partial charge in [0.05, 0.1) is 11.0 Å². The van der Waals surface area contributed by atoms with Crippen LogP contribution in [0.4, 0.5) is 4.39 Å². The first kappa shape index (κ1) is 16.9. The Morgan fingerprint density at radius 3 is 2.77 bits per heavy atom. The van der Waals surface area contributed by atoms with Crippen LogP contribution in [-0.4, -0.2) is 35.1 Å². The van der Waals surface area contributed by atoms with Crippen molar-refractivity contribution in [1.82, 2.24) is 35.1 Å². The monoisotopic (exact) mass is 413 g/mol. The first-order valence-electron chi connectivity index (χ1n) is 9.10. The van der Waals surface area contributed by atoms with Crippen LogP contribution in [0.1, 0.15) is 0 Å². The van der Waals surface area contributed by atoms with Crippen molar-refractivity contribution in [3.8, 4) is 33.1 Å². The topological polar surface area (TPSA) is 96.0 Å². The van der Waals surface area contributed by atoms with E-state index >= 15 is 0 Å². The van der Waals surface area contributed by atoms with E-state index in [0.717, 1.165) is 21.3 Å². The van der Waals surface area contributed by atoms with Crippen molar-refractivity contribution in [1.29, 1.82) is 0 Å². The lowest BCUT2D eigenvalue weighted by molar-refractivity contribution is 0.632. The Balaban J connectivity index is 1.55. The Hall–Kier alpha value is -3.98. The van der Waals surface area contributed by atoms with Crippen LogP contribution in [-0.2, 0) is 0 Å². The number of pyridine rings is 1. The predicted molar refractivity (Wildman–Crippen MR) is 113 cm³/mol. The van der Waals surface area contributed by atoms with Gasteiger partial charge >= 0.3 is 0 Å². The van der Waals surface area contributed by atoms with Gasteiger partial charge in [0.1, 0.15) is 17.8 Å². The van der Waals surface area contributed by atoms with E-state index in [0.29, 0.717) is 33.8 Å². The molecule has 30 heavy (non-hydrogen) atoms. The summed E-state index contributed by atoms with van der Waals surface area (Å²) in [6, 6.07) is 9.19. The van der Waals surface area contributed by atoms with Crippen molar-refractivity contribution in [2.24, 2.45) is 0 Å². The van der Waals surface area contributed by atoms with Crippen molar-refractivity contribution in [3.63, 3.8) is 0 Å². The molecular weight excluding hydrogens is 401 g/mol. The van der Waals surface area contributed by atoms with Crippen molar-refractivity contribution in [3.05, 3.63) is 66.4 Å². The maximum absolute atomic E-state index is 14.7. The molecule has 0 amide bonds. The fraction of sp³-hybridized carbons (Fsp3) is 0. The number of H-pyrrole nitrogens is 2. The SMILES string of the molecule is Fc1cc2[nH]nc(-c3nc4nccc(-c5cccs5)c4[nH]3)c2cc1-c1cncnc1. The molecule has 0 aliphatic heterocycles. The highest BCUT2D eigenvalue weighted by atomic mass is 32.1. The minimum atomic E-state index is -0.376. The summed E-state index contributed by atoms with van der Waals surface area (Å²) >= 11 is 1.65. The predicted octanol–water partition coefficient (Wildman–Crippen LogP) is 4.83. The molecule has 9 heteroatoms.